The Morgan fingerprint density at radius 1 is 1.26 bits per heavy atom. The number of hydrogen-bond donors (Lipinski definition) is 1. The SMILES string of the molecule is CCN(CC)C(CNC(=O)c1cccnc1N1CCCCC1)c1ccsc1. The van der Waals surface area contributed by atoms with Crippen molar-refractivity contribution in [3.63, 3.8) is 0 Å². The van der Waals surface area contributed by atoms with Crippen molar-refractivity contribution in [2.24, 2.45) is 0 Å². The number of anilines is 1. The third-order valence-electron chi connectivity index (χ3n) is 5.32. The second-order valence-corrected chi connectivity index (χ2v) is 7.71. The number of nitrogens with one attached hydrogen (secondary N) is 1. The predicted octanol–water partition coefficient (Wildman–Crippen LogP) is 3.95. The van der Waals surface area contributed by atoms with Gasteiger partial charge in [-0.3, -0.25) is 9.69 Å². The fraction of sp³-hybridized carbons (Fsp3) is 0.524. The Kier molecular flexibility index (Phi) is 7.24. The average molecular weight is 387 g/mol. The standard InChI is InChI=1S/C21H30N4OS/c1-3-24(4-2)19(17-10-14-27-16-17)15-23-21(26)18-9-8-11-22-20(18)25-12-6-5-7-13-25/h8-11,14,16,19H,3-7,12-13,15H2,1-2H3,(H,23,26). The lowest BCUT2D eigenvalue weighted by atomic mass is 10.1. The van der Waals surface area contributed by atoms with Gasteiger partial charge < -0.3 is 10.2 Å². The maximum atomic E-state index is 13.0. The summed E-state index contributed by atoms with van der Waals surface area (Å²) in [6.45, 7) is 8.81. The Bertz CT molecular complexity index is 709. The summed E-state index contributed by atoms with van der Waals surface area (Å²) in [5, 5.41) is 7.45. The highest BCUT2D eigenvalue weighted by Crippen LogP contribution is 2.24. The van der Waals surface area contributed by atoms with Gasteiger partial charge in [0.1, 0.15) is 5.82 Å². The molecule has 146 valence electrons. The van der Waals surface area contributed by atoms with Gasteiger partial charge in [0.15, 0.2) is 0 Å². The van der Waals surface area contributed by atoms with E-state index in [1.165, 1.54) is 24.8 Å². The predicted molar refractivity (Wildman–Crippen MR) is 113 cm³/mol. The highest BCUT2D eigenvalue weighted by atomic mass is 32.1. The van der Waals surface area contributed by atoms with Crippen LogP contribution in [0.2, 0.25) is 0 Å². The zero-order valence-electron chi connectivity index (χ0n) is 16.4. The third-order valence-corrected chi connectivity index (χ3v) is 6.03. The average Bonchev–Trinajstić information content (AvgIpc) is 3.26. The summed E-state index contributed by atoms with van der Waals surface area (Å²) < 4.78 is 0. The van der Waals surface area contributed by atoms with Crippen molar-refractivity contribution in [2.45, 2.75) is 39.2 Å². The molecule has 0 spiro atoms. The maximum absolute atomic E-state index is 13.0. The van der Waals surface area contributed by atoms with Crippen LogP contribution in [0.15, 0.2) is 35.2 Å². The van der Waals surface area contributed by atoms with Crippen LogP contribution in [-0.4, -0.2) is 48.5 Å². The van der Waals surface area contributed by atoms with E-state index in [-0.39, 0.29) is 11.9 Å². The van der Waals surface area contributed by atoms with Gasteiger partial charge in [0.05, 0.1) is 11.6 Å². The molecule has 3 rings (SSSR count). The summed E-state index contributed by atoms with van der Waals surface area (Å²) in [6, 6.07) is 6.10. The van der Waals surface area contributed by atoms with Gasteiger partial charge in [-0.25, -0.2) is 4.98 Å². The molecule has 1 aliphatic heterocycles. The summed E-state index contributed by atoms with van der Waals surface area (Å²) in [7, 11) is 0. The molecule has 1 aliphatic rings. The normalized spacial score (nSPS) is 15.7. The van der Waals surface area contributed by atoms with Gasteiger partial charge in [0.25, 0.3) is 5.91 Å². The molecule has 1 fully saturated rings. The van der Waals surface area contributed by atoms with Crippen LogP contribution in [0.3, 0.4) is 0 Å². The summed E-state index contributed by atoms with van der Waals surface area (Å²) in [5.41, 5.74) is 1.95. The molecule has 1 amide bonds. The second kappa shape index (κ2) is 9.85. The third kappa shape index (κ3) is 4.87. The number of nitrogens with zero attached hydrogens (tertiary/aromatic N) is 3. The molecule has 0 radical (unpaired) electrons. The summed E-state index contributed by atoms with van der Waals surface area (Å²) in [5.74, 6) is 0.792. The van der Waals surface area contributed by atoms with Crippen LogP contribution in [0.4, 0.5) is 5.82 Å². The minimum absolute atomic E-state index is 0.0314. The molecule has 0 saturated carbocycles. The molecule has 3 heterocycles. The number of aromatic nitrogens is 1. The fourth-order valence-electron chi connectivity index (χ4n) is 3.80. The molecule has 1 unspecified atom stereocenters. The number of carbonyl (C=O) groups is 1. The van der Waals surface area contributed by atoms with Crippen LogP contribution in [-0.2, 0) is 0 Å². The van der Waals surface area contributed by atoms with E-state index in [1.807, 2.05) is 12.1 Å². The van der Waals surface area contributed by atoms with E-state index >= 15 is 0 Å². The molecular formula is C21H30N4OS. The van der Waals surface area contributed by atoms with Gasteiger partial charge in [0.2, 0.25) is 0 Å². The molecule has 1 saturated heterocycles. The van der Waals surface area contributed by atoms with Gasteiger partial charge in [-0.2, -0.15) is 11.3 Å². The fourth-order valence-corrected chi connectivity index (χ4v) is 4.51. The topological polar surface area (TPSA) is 48.5 Å². The second-order valence-electron chi connectivity index (χ2n) is 6.93. The van der Waals surface area contributed by atoms with E-state index in [2.05, 4.69) is 50.8 Å². The first-order chi connectivity index (χ1) is 13.2. The zero-order chi connectivity index (χ0) is 19.1. The minimum atomic E-state index is -0.0314. The zero-order valence-corrected chi connectivity index (χ0v) is 17.2. The molecule has 1 atom stereocenters. The van der Waals surface area contributed by atoms with E-state index in [4.69, 9.17) is 0 Å². The summed E-state index contributed by atoms with van der Waals surface area (Å²) in [6.07, 6.45) is 5.38. The van der Waals surface area contributed by atoms with E-state index < -0.39 is 0 Å². The lowest BCUT2D eigenvalue weighted by Crippen LogP contribution is -2.39. The quantitative estimate of drug-likeness (QED) is 0.746. The first-order valence-electron chi connectivity index (χ1n) is 9.98. The Morgan fingerprint density at radius 2 is 2.04 bits per heavy atom. The number of thiophene rings is 1. The smallest absolute Gasteiger partial charge is 0.255 e. The number of piperidine rings is 1. The minimum Gasteiger partial charge on any atom is -0.356 e. The summed E-state index contributed by atoms with van der Waals surface area (Å²) in [4.78, 5) is 22.1. The first-order valence-corrected chi connectivity index (χ1v) is 10.9. The molecule has 6 heteroatoms. The largest absolute Gasteiger partial charge is 0.356 e. The number of hydrogen-bond acceptors (Lipinski definition) is 5. The van der Waals surface area contributed by atoms with Crippen molar-refractivity contribution >= 4 is 23.1 Å². The molecule has 1 N–H and O–H groups in total. The Hall–Kier alpha value is -1.92. The summed E-state index contributed by atoms with van der Waals surface area (Å²) >= 11 is 1.70. The van der Waals surface area contributed by atoms with Crippen LogP contribution < -0.4 is 10.2 Å². The van der Waals surface area contributed by atoms with Crippen LogP contribution in [0, 0.1) is 0 Å². The Balaban J connectivity index is 1.73. The molecule has 0 aliphatic carbocycles. The van der Waals surface area contributed by atoms with Crippen LogP contribution >= 0.6 is 11.3 Å². The molecule has 0 bridgehead atoms. The molecule has 0 aromatic carbocycles. The van der Waals surface area contributed by atoms with E-state index in [0.717, 1.165) is 32.0 Å². The number of likely N-dealkylation sites (N-methyl/N-ethyl adjacent to an activating group) is 1. The van der Waals surface area contributed by atoms with Crippen molar-refractivity contribution in [1.82, 2.24) is 15.2 Å². The lowest BCUT2D eigenvalue weighted by molar-refractivity contribution is 0.0935. The monoisotopic (exact) mass is 386 g/mol. The van der Waals surface area contributed by atoms with E-state index in [1.54, 1.807) is 17.5 Å². The van der Waals surface area contributed by atoms with Crippen molar-refractivity contribution in [2.75, 3.05) is 37.6 Å². The van der Waals surface area contributed by atoms with Crippen LogP contribution in [0.1, 0.15) is 55.1 Å². The van der Waals surface area contributed by atoms with Gasteiger partial charge in [-0.1, -0.05) is 13.8 Å². The van der Waals surface area contributed by atoms with Crippen LogP contribution in [0.5, 0.6) is 0 Å². The number of carbonyl (C=O) groups excluding carboxylic acids is 1. The molecule has 2 aromatic rings. The van der Waals surface area contributed by atoms with Crippen molar-refractivity contribution < 1.29 is 4.79 Å². The molecule has 2 aromatic heterocycles. The van der Waals surface area contributed by atoms with E-state index in [0.29, 0.717) is 12.1 Å². The number of amides is 1. The van der Waals surface area contributed by atoms with Crippen molar-refractivity contribution in [1.29, 1.82) is 0 Å². The van der Waals surface area contributed by atoms with Crippen molar-refractivity contribution in [3.8, 4) is 0 Å². The molecule has 27 heavy (non-hydrogen) atoms. The van der Waals surface area contributed by atoms with Gasteiger partial charge in [-0.15, -0.1) is 0 Å². The molecule has 5 nitrogen and oxygen atoms in total. The highest BCUT2D eigenvalue weighted by molar-refractivity contribution is 7.07. The maximum Gasteiger partial charge on any atom is 0.255 e. The van der Waals surface area contributed by atoms with E-state index in [9.17, 15) is 4.79 Å². The Morgan fingerprint density at radius 3 is 2.70 bits per heavy atom. The van der Waals surface area contributed by atoms with Gasteiger partial charge in [0, 0.05) is 25.8 Å². The Labute approximate surface area is 166 Å². The number of rotatable bonds is 8. The highest BCUT2D eigenvalue weighted by Gasteiger charge is 2.22. The van der Waals surface area contributed by atoms with Crippen molar-refractivity contribution in [3.05, 3.63) is 46.3 Å². The number of pyridine rings is 1. The molecular weight excluding hydrogens is 356 g/mol. The van der Waals surface area contributed by atoms with Crippen LogP contribution in [0.25, 0.3) is 0 Å². The van der Waals surface area contributed by atoms with Gasteiger partial charge >= 0.3 is 0 Å². The lowest BCUT2D eigenvalue weighted by Gasteiger charge is -2.30. The first kappa shape index (κ1) is 19.8. The van der Waals surface area contributed by atoms with Gasteiger partial charge in [-0.05, 0) is 66.9 Å².